The number of aliphatic hydroxyl groups excluding tert-OH is 5. The van der Waals surface area contributed by atoms with Gasteiger partial charge in [-0.15, -0.1) is 0 Å². The number of allylic oxidation sites excluding steroid dienone is 1. The van der Waals surface area contributed by atoms with E-state index in [1.165, 1.54) is 6.08 Å². The van der Waals surface area contributed by atoms with Crippen LogP contribution in [0, 0.1) is 11.3 Å². The standard InChI is InChI=1S/C16H26O8/c1-16(2)4-9(19)3-8(5-17)10(16)7-23-15-14(22)13(21)12(20)11(6-18)24-15/h3,10-15,17-18,20-22H,4-7H2,1-2H3/t10-,11-,12-,13+,14-,15-/m1/s1. The SMILES string of the molecule is CC1(C)CC(=O)C=C(CO)[C@H]1CO[C@@H]1O[C@H](CO)[C@@H](O)[C@H](O)[C@H]1O. The zero-order valence-electron chi connectivity index (χ0n) is 13.8. The van der Waals surface area contributed by atoms with Gasteiger partial charge in [0.15, 0.2) is 12.1 Å². The molecule has 8 nitrogen and oxygen atoms in total. The zero-order chi connectivity index (χ0) is 18.1. The largest absolute Gasteiger partial charge is 0.394 e. The van der Waals surface area contributed by atoms with Gasteiger partial charge in [0.2, 0.25) is 0 Å². The predicted molar refractivity (Wildman–Crippen MR) is 81.8 cm³/mol. The molecular formula is C16H26O8. The Morgan fingerprint density at radius 2 is 1.88 bits per heavy atom. The van der Waals surface area contributed by atoms with Crippen LogP contribution >= 0.6 is 0 Å². The van der Waals surface area contributed by atoms with Crippen molar-refractivity contribution in [1.29, 1.82) is 0 Å². The monoisotopic (exact) mass is 346 g/mol. The van der Waals surface area contributed by atoms with Gasteiger partial charge in [0.1, 0.15) is 24.4 Å². The van der Waals surface area contributed by atoms with Crippen molar-refractivity contribution in [3.8, 4) is 0 Å². The fraction of sp³-hybridized carbons (Fsp3) is 0.812. The minimum Gasteiger partial charge on any atom is -0.394 e. The van der Waals surface area contributed by atoms with Crippen LogP contribution in [0.3, 0.4) is 0 Å². The fourth-order valence-electron chi connectivity index (χ4n) is 3.32. The van der Waals surface area contributed by atoms with Crippen molar-refractivity contribution < 1.29 is 39.8 Å². The Morgan fingerprint density at radius 3 is 2.46 bits per heavy atom. The average molecular weight is 346 g/mol. The van der Waals surface area contributed by atoms with Gasteiger partial charge in [-0.25, -0.2) is 0 Å². The lowest BCUT2D eigenvalue weighted by Crippen LogP contribution is -2.59. The second kappa shape index (κ2) is 7.57. The Kier molecular flexibility index (Phi) is 6.14. The van der Waals surface area contributed by atoms with Crippen LogP contribution in [0.4, 0.5) is 0 Å². The van der Waals surface area contributed by atoms with Crippen molar-refractivity contribution in [3.05, 3.63) is 11.6 Å². The zero-order valence-corrected chi connectivity index (χ0v) is 13.8. The van der Waals surface area contributed by atoms with E-state index in [0.29, 0.717) is 12.0 Å². The molecule has 0 saturated carbocycles. The second-order valence-electron chi connectivity index (χ2n) is 7.09. The van der Waals surface area contributed by atoms with E-state index in [4.69, 9.17) is 9.47 Å². The van der Waals surface area contributed by atoms with Gasteiger partial charge in [-0.3, -0.25) is 4.79 Å². The van der Waals surface area contributed by atoms with Crippen LogP contribution in [0.2, 0.25) is 0 Å². The van der Waals surface area contributed by atoms with E-state index >= 15 is 0 Å². The Labute approximate surface area is 140 Å². The van der Waals surface area contributed by atoms with Gasteiger partial charge in [-0.1, -0.05) is 13.8 Å². The second-order valence-corrected chi connectivity index (χ2v) is 7.09. The lowest BCUT2D eigenvalue weighted by atomic mass is 9.68. The first-order chi connectivity index (χ1) is 11.2. The topological polar surface area (TPSA) is 137 Å². The molecule has 8 heteroatoms. The summed E-state index contributed by atoms with van der Waals surface area (Å²) in [6.07, 6.45) is -4.98. The molecule has 1 saturated heterocycles. The molecule has 0 aromatic rings. The molecule has 0 aromatic carbocycles. The van der Waals surface area contributed by atoms with E-state index in [-0.39, 0.29) is 24.9 Å². The molecule has 6 atom stereocenters. The number of ketones is 1. The number of aliphatic hydroxyl groups is 5. The maximum atomic E-state index is 11.7. The number of hydrogen-bond donors (Lipinski definition) is 5. The number of carbonyl (C=O) groups excluding carboxylic acids is 1. The molecule has 0 radical (unpaired) electrons. The van der Waals surface area contributed by atoms with Gasteiger partial charge in [-0.2, -0.15) is 0 Å². The van der Waals surface area contributed by atoms with E-state index in [1.807, 2.05) is 13.8 Å². The summed E-state index contributed by atoms with van der Waals surface area (Å²) in [5.74, 6) is -0.333. The average Bonchev–Trinajstić information content (AvgIpc) is 2.52. The third-order valence-corrected chi connectivity index (χ3v) is 4.83. The van der Waals surface area contributed by atoms with E-state index in [0.717, 1.165) is 0 Å². The van der Waals surface area contributed by atoms with Crippen LogP contribution in [0.1, 0.15) is 20.3 Å². The molecule has 1 heterocycles. The van der Waals surface area contributed by atoms with Crippen LogP contribution in [0.5, 0.6) is 0 Å². The molecule has 0 bridgehead atoms. The van der Waals surface area contributed by atoms with Crippen molar-refractivity contribution in [3.63, 3.8) is 0 Å². The first-order valence-corrected chi connectivity index (χ1v) is 7.97. The van der Waals surface area contributed by atoms with Crippen molar-refractivity contribution in [2.24, 2.45) is 11.3 Å². The Hall–Kier alpha value is -0.870. The maximum Gasteiger partial charge on any atom is 0.186 e. The quantitative estimate of drug-likeness (QED) is 0.399. The summed E-state index contributed by atoms with van der Waals surface area (Å²) >= 11 is 0. The molecule has 2 rings (SSSR count). The lowest BCUT2D eigenvalue weighted by Gasteiger charge is -2.42. The molecule has 24 heavy (non-hydrogen) atoms. The van der Waals surface area contributed by atoms with Crippen LogP contribution < -0.4 is 0 Å². The number of rotatable bonds is 5. The molecule has 2 aliphatic rings. The van der Waals surface area contributed by atoms with Gasteiger partial charge in [0.05, 0.1) is 19.8 Å². The molecule has 0 amide bonds. The van der Waals surface area contributed by atoms with Crippen molar-refractivity contribution in [2.45, 2.75) is 51.0 Å². The lowest BCUT2D eigenvalue weighted by molar-refractivity contribution is -0.304. The van der Waals surface area contributed by atoms with Gasteiger partial charge in [0, 0.05) is 12.3 Å². The van der Waals surface area contributed by atoms with E-state index in [1.54, 1.807) is 0 Å². The molecule has 1 fully saturated rings. The summed E-state index contributed by atoms with van der Waals surface area (Å²) in [4.78, 5) is 11.7. The van der Waals surface area contributed by atoms with Crippen LogP contribution in [0.15, 0.2) is 11.6 Å². The van der Waals surface area contributed by atoms with Gasteiger partial charge < -0.3 is 35.0 Å². The number of hydrogen-bond acceptors (Lipinski definition) is 8. The van der Waals surface area contributed by atoms with Crippen molar-refractivity contribution in [2.75, 3.05) is 19.8 Å². The Balaban J connectivity index is 2.08. The highest BCUT2D eigenvalue weighted by atomic mass is 16.7. The molecule has 0 spiro atoms. The van der Waals surface area contributed by atoms with Crippen molar-refractivity contribution in [1.82, 2.24) is 0 Å². The van der Waals surface area contributed by atoms with Crippen LogP contribution in [0.25, 0.3) is 0 Å². The molecule has 1 aliphatic heterocycles. The van der Waals surface area contributed by atoms with Gasteiger partial charge >= 0.3 is 0 Å². The highest BCUT2D eigenvalue weighted by molar-refractivity contribution is 5.92. The summed E-state index contributed by atoms with van der Waals surface area (Å²) < 4.78 is 10.9. The molecule has 5 N–H and O–H groups in total. The van der Waals surface area contributed by atoms with E-state index in [2.05, 4.69) is 0 Å². The van der Waals surface area contributed by atoms with E-state index < -0.39 is 42.7 Å². The van der Waals surface area contributed by atoms with Crippen LogP contribution in [-0.2, 0) is 14.3 Å². The van der Waals surface area contributed by atoms with Crippen LogP contribution in [-0.4, -0.2) is 81.8 Å². The van der Waals surface area contributed by atoms with Gasteiger partial charge in [0.25, 0.3) is 0 Å². The molecule has 0 aromatic heterocycles. The molecule has 1 aliphatic carbocycles. The summed E-state index contributed by atoms with van der Waals surface area (Å²) in [5, 5.41) is 48.2. The highest BCUT2D eigenvalue weighted by Gasteiger charge is 2.45. The first kappa shape index (κ1) is 19.5. The summed E-state index contributed by atoms with van der Waals surface area (Å²) in [6.45, 7) is 3.01. The van der Waals surface area contributed by atoms with Gasteiger partial charge in [-0.05, 0) is 17.1 Å². The minimum atomic E-state index is -1.50. The normalized spacial score (nSPS) is 39.6. The third-order valence-electron chi connectivity index (χ3n) is 4.83. The minimum absolute atomic E-state index is 0.0510. The summed E-state index contributed by atoms with van der Waals surface area (Å²) in [6, 6.07) is 0. The highest BCUT2D eigenvalue weighted by Crippen LogP contribution is 2.40. The van der Waals surface area contributed by atoms with E-state index in [9.17, 15) is 30.3 Å². The summed E-state index contributed by atoms with van der Waals surface area (Å²) in [7, 11) is 0. The molecular weight excluding hydrogens is 320 g/mol. The summed E-state index contributed by atoms with van der Waals surface area (Å²) in [5.41, 5.74) is 0.0960. The first-order valence-electron chi connectivity index (χ1n) is 7.97. The molecule has 0 unspecified atom stereocenters. The molecule has 138 valence electrons. The Morgan fingerprint density at radius 1 is 1.21 bits per heavy atom. The fourth-order valence-corrected chi connectivity index (χ4v) is 3.32. The number of ether oxygens (including phenoxy) is 2. The van der Waals surface area contributed by atoms with Crippen molar-refractivity contribution >= 4 is 5.78 Å². The maximum absolute atomic E-state index is 11.7. The number of carbonyl (C=O) groups is 1. The third kappa shape index (κ3) is 3.85. The Bertz CT molecular complexity index is 486. The smallest absolute Gasteiger partial charge is 0.186 e. The predicted octanol–water partition coefficient (Wildman–Crippen LogP) is -1.66.